The third kappa shape index (κ3) is 3.20. The number of benzene rings is 2. The maximum Gasteiger partial charge on any atom is 0.152 e. The van der Waals surface area contributed by atoms with E-state index >= 15 is 0 Å². The first-order valence-corrected chi connectivity index (χ1v) is 6.17. The van der Waals surface area contributed by atoms with Crippen molar-refractivity contribution in [1.82, 2.24) is 0 Å². The fourth-order valence-corrected chi connectivity index (χ4v) is 1.94. The van der Waals surface area contributed by atoms with Crippen molar-refractivity contribution in [3.8, 4) is 16.9 Å². The number of ketones is 1. The molecule has 0 bridgehead atoms. The largest absolute Gasteiger partial charge is 0.508 e. The van der Waals surface area contributed by atoms with Crippen LogP contribution in [0.3, 0.4) is 0 Å². The molecule has 2 aromatic rings. The molecule has 0 fully saturated rings. The summed E-state index contributed by atoms with van der Waals surface area (Å²) in [5, 5.41) is 9.58. The summed E-state index contributed by atoms with van der Waals surface area (Å²) in [7, 11) is 0. The van der Waals surface area contributed by atoms with Gasteiger partial charge in [-0.1, -0.05) is 30.3 Å². The van der Waals surface area contributed by atoms with Crippen LogP contribution in [-0.2, 0) is 4.79 Å². The summed E-state index contributed by atoms with van der Waals surface area (Å²) in [6.07, 6.45) is 3.89. The molecule has 0 saturated heterocycles. The minimum atomic E-state index is -0.0686. The summed E-state index contributed by atoms with van der Waals surface area (Å²) < 4.78 is 0. The molecule has 0 spiro atoms. The number of hydrogen-bond acceptors (Lipinski definition) is 3. The standard InChI is InChI=1S/C17H14O3/c1-12(19)5-6-15-10-16(20)7-8-17(15)14-4-2-3-13(9-14)11-18/h2-11,20H,1H3/b6-5+. The molecule has 1 N–H and O–H groups in total. The van der Waals surface area contributed by atoms with E-state index in [9.17, 15) is 14.7 Å². The Hall–Kier alpha value is -2.68. The van der Waals surface area contributed by atoms with Gasteiger partial charge in [0.15, 0.2) is 5.78 Å². The summed E-state index contributed by atoms with van der Waals surface area (Å²) in [5.74, 6) is 0.0597. The second-order valence-corrected chi connectivity index (χ2v) is 4.46. The van der Waals surface area contributed by atoms with E-state index in [2.05, 4.69) is 0 Å². The highest BCUT2D eigenvalue weighted by atomic mass is 16.3. The predicted octanol–water partition coefficient (Wildman–Crippen LogP) is 3.47. The Kier molecular flexibility index (Phi) is 4.11. The third-order valence-corrected chi connectivity index (χ3v) is 2.87. The highest BCUT2D eigenvalue weighted by Crippen LogP contribution is 2.28. The normalized spacial score (nSPS) is 10.7. The fraction of sp³-hybridized carbons (Fsp3) is 0.0588. The SMILES string of the molecule is CC(=O)/C=C/c1cc(O)ccc1-c1cccc(C=O)c1. The van der Waals surface area contributed by atoms with Crippen LogP contribution in [-0.4, -0.2) is 17.2 Å². The van der Waals surface area contributed by atoms with Crippen molar-refractivity contribution in [1.29, 1.82) is 0 Å². The summed E-state index contributed by atoms with van der Waals surface area (Å²) in [6, 6.07) is 12.1. The van der Waals surface area contributed by atoms with Gasteiger partial charge in [-0.2, -0.15) is 0 Å². The van der Waals surface area contributed by atoms with Gasteiger partial charge in [-0.25, -0.2) is 0 Å². The second kappa shape index (κ2) is 5.97. The average molecular weight is 266 g/mol. The van der Waals surface area contributed by atoms with Crippen LogP contribution in [0.25, 0.3) is 17.2 Å². The van der Waals surface area contributed by atoms with Crippen LogP contribution in [0.15, 0.2) is 48.5 Å². The Bertz CT molecular complexity index is 684. The van der Waals surface area contributed by atoms with Gasteiger partial charge in [0.1, 0.15) is 12.0 Å². The van der Waals surface area contributed by atoms with Crippen molar-refractivity contribution in [2.45, 2.75) is 6.92 Å². The number of phenolic OH excluding ortho intramolecular Hbond substituents is 1. The molecule has 0 saturated carbocycles. The molecule has 0 atom stereocenters. The highest BCUT2D eigenvalue weighted by Gasteiger charge is 2.05. The van der Waals surface area contributed by atoms with Crippen molar-refractivity contribution in [3.05, 3.63) is 59.7 Å². The van der Waals surface area contributed by atoms with Crippen LogP contribution >= 0.6 is 0 Å². The van der Waals surface area contributed by atoms with E-state index in [0.717, 1.165) is 23.0 Å². The number of phenols is 1. The maximum absolute atomic E-state index is 11.1. The van der Waals surface area contributed by atoms with Gasteiger partial charge in [0.2, 0.25) is 0 Å². The lowest BCUT2D eigenvalue weighted by Gasteiger charge is -2.08. The van der Waals surface area contributed by atoms with Gasteiger partial charge in [-0.05, 0) is 47.9 Å². The van der Waals surface area contributed by atoms with Gasteiger partial charge >= 0.3 is 0 Å². The quantitative estimate of drug-likeness (QED) is 0.681. The molecule has 2 aromatic carbocycles. The molecule has 100 valence electrons. The zero-order valence-corrected chi connectivity index (χ0v) is 11.0. The molecule has 0 aromatic heterocycles. The van der Waals surface area contributed by atoms with Crippen molar-refractivity contribution in [3.63, 3.8) is 0 Å². The van der Waals surface area contributed by atoms with E-state index in [1.165, 1.54) is 13.0 Å². The highest BCUT2D eigenvalue weighted by molar-refractivity contribution is 5.93. The molecular formula is C17H14O3. The van der Waals surface area contributed by atoms with E-state index in [1.807, 2.05) is 6.07 Å². The molecule has 0 amide bonds. The second-order valence-electron chi connectivity index (χ2n) is 4.46. The molecule has 0 aliphatic rings. The minimum absolute atomic E-state index is 0.0686. The van der Waals surface area contributed by atoms with E-state index in [-0.39, 0.29) is 11.5 Å². The fourth-order valence-electron chi connectivity index (χ4n) is 1.94. The molecule has 0 heterocycles. The molecular weight excluding hydrogens is 252 g/mol. The number of aromatic hydroxyl groups is 1. The molecule has 3 heteroatoms. The summed E-state index contributed by atoms with van der Waals surface area (Å²) >= 11 is 0. The van der Waals surface area contributed by atoms with E-state index in [1.54, 1.807) is 42.5 Å². The van der Waals surface area contributed by atoms with Crippen LogP contribution in [0.1, 0.15) is 22.8 Å². The molecule has 0 aliphatic carbocycles. The van der Waals surface area contributed by atoms with Gasteiger partial charge in [-0.15, -0.1) is 0 Å². The number of allylic oxidation sites excluding steroid dienone is 1. The third-order valence-electron chi connectivity index (χ3n) is 2.87. The molecule has 0 radical (unpaired) electrons. The Balaban J connectivity index is 2.54. The van der Waals surface area contributed by atoms with Gasteiger partial charge in [-0.3, -0.25) is 9.59 Å². The number of hydrogen-bond donors (Lipinski definition) is 1. The van der Waals surface area contributed by atoms with Gasteiger partial charge in [0.05, 0.1) is 0 Å². The Morgan fingerprint density at radius 3 is 2.65 bits per heavy atom. The molecule has 0 aliphatic heterocycles. The van der Waals surface area contributed by atoms with Crippen LogP contribution in [0.4, 0.5) is 0 Å². The van der Waals surface area contributed by atoms with Crippen molar-refractivity contribution < 1.29 is 14.7 Å². The molecule has 0 unspecified atom stereocenters. The minimum Gasteiger partial charge on any atom is -0.508 e. The first-order chi connectivity index (χ1) is 9.60. The first-order valence-electron chi connectivity index (χ1n) is 6.17. The van der Waals surface area contributed by atoms with Crippen LogP contribution in [0.5, 0.6) is 5.75 Å². The monoisotopic (exact) mass is 266 g/mol. The summed E-state index contributed by atoms with van der Waals surface area (Å²) in [4.78, 5) is 21.9. The van der Waals surface area contributed by atoms with Gasteiger partial charge in [0.25, 0.3) is 0 Å². The lowest BCUT2D eigenvalue weighted by atomic mass is 9.97. The Morgan fingerprint density at radius 2 is 1.95 bits per heavy atom. The van der Waals surface area contributed by atoms with E-state index in [0.29, 0.717) is 5.56 Å². The summed E-state index contributed by atoms with van der Waals surface area (Å²) in [5.41, 5.74) is 3.02. The van der Waals surface area contributed by atoms with Crippen LogP contribution in [0.2, 0.25) is 0 Å². The number of carbonyl (C=O) groups excluding carboxylic acids is 2. The topological polar surface area (TPSA) is 54.4 Å². The van der Waals surface area contributed by atoms with E-state index in [4.69, 9.17) is 0 Å². The Morgan fingerprint density at radius 1 is 1.15 bits per heavy atom. The number of carbonyl (C=O) groups is 2. The predicted molar refractivity (Wildman–Crippen MR) is 78.6 cm³/mol. The van der Waals surface area contributed by atoms with Gasteiger partial charge < -0.3 is 5.11 Å². The van der Waals surface area contributed by atoms with Crippen molar-refractivity contribution >= 4 is 18.1 Å². The maximum atomic E-state index is 11.1. The average Bonchev–Trinajstić information content (AvgIpc) is 2.45. The molecule has 2 rings (SSSR count). The lowest BCUT2D eigenvalue weighted by Crippen LogP contribution is -1.87. The van der Waals surface area contributed by atoms with Gasteiger partial charge in [0, 0.05) is 5.56 Å². The molecule has 20 heavy (non-hydrogen) atoms. The van der Waals surface area contributed by atoms with E-state index < -0.39 is 0 Å². The smallest absolute Gasteiger partial charge is 0.152 e. The molecule has 3 nitrogen and oxygen atoms in total. The van der Waals surface area contributed by atoms with Crippen molar-refractivity contribution in [2.24, 2.45) is 0 Å². The number of rotatable bonds is 4. The zero-order chi connectivity index (χ0) is 14.5. The van der Waals surface area contributed by atoms with Crippen LogP contribution < -0.4 is 0 Å². The number of aldehydes is 1. The lowest BCUT2D eigenvalue weighted by molar-refractivity contribution is -0.112. The Labute approximate surface area is 117 Å². The van der Waals surface area contributed by atoms with Crippen LogP contribution in [0, 0.1) is 0 Å². The van der Waals surface area contributed by atoms with Crippen molar-refractivity contribution in [2.75, 3.05) is 0 Å². The zero-order valence-electron chi connectivity index (χ0n) is 11.0. The first kappa shape index (κ1) is 13.7. The summed E-state index contributed by atoms with van der Waals surface area (Å²) in [6.45, 7) is 1.46.